The molecule has 0 radical (unpaired) electrons. The van der Waals surface area contributed by atoms with Crippen molar-refractivity contribution in [2.75, 3.05) is 32.7 Å². The number of carbonyl (C=O) groups is 2. The van der Waals surface area contributed by atoms with E-state index in [-0.39, 0.29) is 12.6 Å². The molecule has 0 aromatic heterocycles. The molecule has 0 unspecified atom stereocenters. The maximum Gasteiger partial charge on any atom is 0.321 e. The number of rotatable bonds is 7. The van der Waals surface area contributed by atoms with E-state index in [1.807, 2.05) is 30.9 Å². The molecule has 1 aliphatic rings. The number of nitrogens with one attached hydrogen (secondary N) is 2. The van der Waals surface area contributed by atoms with Gasteiger partial charge in [0.05, 0.1) is 11.4 Å². The number of imide groups is 1. The SMILES string of the molecule is CC[C@H](C)c1ccc(S(=O)(=O)N2CCN(CC(=O)NC(=O)NC(C)C)CC2)cc1. The summed E-state index contributed by atoms with van der Waals surface area (Å²) in [5.41, 5.74) is 1.13. The highest BCUT2D eigenvalue weighted by atomic mass is 32.2. The fourth-order valence-electron chi connectivity index (χ4n) is 3.15. The lowest BCUT2D eigenvalue weighted by Gasteiger charge is -2.33. The normalized spacial score (nSPS) is 17.1. The number of carbonyl (C=O) groups excluding carboxylic acids is 2. The van der Waals surface area contributed by atoms with Crippen LogP contribution in [0.4, 0.5) is 4.79 Å². The first kappa shape index (κ1) is 23.3. The minimum Gasteiger partial charge on any atom is -0.336 e. The third-order valence-electron chi connectivity index (χ3n) is 5.07. The number of urea groups is 1. The molecule has 0 saturated carbocycles. The van der Waals surface area contributed by atoms with E-state index in [0.717, 1.165) is 12.0 Å². The summed E-state index contributed by atoms with van der Waals surface area (Å²) < 4.78 is 27.2. The van der Waals surface area contributed by atoms with Crippen molar-refractivity contribution in [1.29, 1.82) is 0 Å². The van der Waals surface area contributed by atoms with Crippen molar-refractivity contribution in [3.63, 3.8) is 0 Å². The van der Waals surface area contributed by atoms with Gasteiger partial charge in [0.15, 0.2) is 0 Å². The standard InChI is InChI=1S/C20H32N4O4S/c1-5-16(4)17-6-8-18(9-7-17)29(27,28)24-12-10-23(11-13-24)14-19(25)22-20(26)21-15(2)3/h6-9,15-16H,5,10-14H2,1-4H3,(H2,21,22,25,26)/t16-/m0/s1. The number of sulfonamides is 1. The minimum atomic E-state index is -3.55. The molecule has 3 amide bonds. The van der Waals surface area contributed by atoms with Crippen molar-refractivity contribution in [2.45, 2.75) is 51.0 Å². The Hall–Kier alpha value is -1.97. The number of amides is 3. The van der Waals surface area contributed by atoms with Gasteiger partial charge in [-0.1, -0.05) is 26.0 Å². The van der Waals surface area contributed by atoms with Gasteiger partial charge < -0.3 is 5.32 Å². The Balaban J connectivity index is 1.89. The van der Waals surface area contributed by atoms with E-state index in [0.29, 0.717) is 37.0 Å². The Morgan fingerprint density at radius 3 is 2.14 bits per heavy atom. The Morgan fingerprint density at radius 2 is 1.62 bits per heavy atom. The largest absolute Gasteiger partial charge is 0.336 e. The van der Waals surface area contributed by atoms with E-state index in [1.54, 1.807) is 12.1 Å². The summed E-state index contributed by atoms with van der Waals surface area (Å²) in [6, 6.07) is 6.52. The van der Waals surface area contributed by atoms with E-state index in [1.165, 1.54) is 4.31 Å². The lowest BCUT2D eigenvalue weighted by molar-refractivity contribution is -0.121. The first-order valence-electron chi connectivity index (χ1n) is 10.1. The predicted molar refractivity (Wildman–Crippen MR) is 112 cm³/mol. The van der Waals surface area contributed by atoms with Crippen LogP contribution in [0, 0.1) is 0 Å². The highest BCUT2D eigenvalue weighted by Crippen LogP contribution is 2.23. The van der Waals surface area contributed by atoms with Crippen LogP contribution >= 0.6 is 0 Å². The van der Waals surface area contributed by atoms with Crippen LogP contribution in [0.2, 0.25) is 0 Å². The van der Waals surface area contributed by atoms with Gasteiger partial charge in [0.25, 0.3) is 0 Å². The molecule has 2 rings (SSSR count). The molecule has 1 atom stereocenters. The van der Waals surface area contributed by atoms with Gasteiger partial charge in [0.1, 0.15) is 0 Å². The molecular weight excluding hydrogens is 392 g/mol. The van der Waals surface area contributed by atoms with Gasteiger partial charge in [-0.15, -0.1) is 0 Å². The fourth-order valence-corrected chi connectivity index (χ4v) is 4.57. The van der Waals surface area contributed by atoms with Crippen molar-refractivity contribution >= 4 is 22.0 Å². The summed E-state index contributed by atoms with van der Waals surface area (Å²) in [5, 5.41) is 4.88. The smallest absolute Gasteiger partial charge is 0.321 e. The second-order valence-electron chi connectivity index (χ2n) is 7.73. The summed E-state index contributed by atoms with van der Waals surface area (Å²) in [4.78, 5) is 25.7. The van der Waals surface area contributed by atoms with Crippen LogP contribution in [0.1, 0.15) is 45.6 Å². The van der Waals surface area contributed by atoms with Gasteiger partial charge >= 0.3 is 6.03 Å². The zero-order valence-electron chi connectivity index (χ0n) is 17.6. The van der Waals surface area contributed by atoms with Gasteiger partial charge in [-0.2, -0.15) is 4.31 Å². The van der Waals surface area contributed by atoms with Crippen molar-refractivity contribution in [3.05, 3.63) is 29.8 Å². The lowest BCUT2D eigenvalue weighted by atomic mass is 9.99. The van der Waals surface area contributed by atoms with E-state index in [9.17, 15) is 18.0 Å². The van der Waals surface area contributed by atoms with Crippen molar-refractivity contribution in [2.24, 2.45) is 0 Å². The molecule has 1 aromatic carbocycles. The molecule has 1 saturated heterocycles. The molecule has 162 valence electrons. The minimum absolute atomic E-state index is 0.0585. The Morgan fingerprint density at radius 1 is 1.03 bits per heavy atom. The molecule has 1 aliphatic heterocycles. The van der Waals surface area contributed by atoms with Gasteiger partial charge in [0.2, 0.25) is 15.9 Å². The molecule has 2 N–H and O–H groups in total. The maximum atomic E-state index is 12.9. The molecule has 29 heavy (non-hydrogen) atoms. The van der Waals surface area contributed by atoms with E-state index >= 15 is 0 Å². The van der Waals surface area contributed by atoms with E-state index in [4.69, 9.17) is 0 Å². The quantitative estimate of drug-likeness (QED) is 0.695. The maximum absolute atomic E-state index is 12.9. The van der Waals surface area contributed by atoms with Crippen molar-refractivity contribution in [1.82, 2.24) is 19.8 Å². The molecule has 1 aromatic rings. The molecule has 1 fully saturated rings. The van der Waals surface area contributed by atoms with Gasteiger partial charge in [-0.05, 0) is 43.9 Å². The van der Waals surface area contributed by atoms with Gasteiger partial charge in [0, 0.05) is 32.2 Å². The first-order chi connectivity index (χ1) is 13.6. The third kappa shape index (κ3) is 6.52. The predicted octanol–water partition coefficient (Wildman–Crippen LogP) is 1.74. The van der Waals surface area contributed by atoms with E-state index in [2.05, 4.69) is 24.5 Å². The molecule has 1 heterocycles. The summed E-state index contributed by atoms with van der Waals surface area (Å²) >= 11 is 0. The summed E-state index contributed by atoms with van der Waals surface area (Å²) in [5.74, 6) is -0.0100. The fraction of sp³-hybridized carbons (Fsp3) is 0.600. The molecule has 9 heteroatoms. The van der Waals surface area contributed by atoms with E-state index < -0.39 is 22.0 Å². The zero-order valence-corrected chi connectivity index (χ0v) is 18.5. The molecule has 0 spiro atoms. The molecule has 0 aliphatic carbocycles. The van der Waals surface area contributed by atoms with Crippen molar-refractivity contribution in [3.8, 4) is 0 Å². The second kappa shape index (κ2) is 10.2. The summed E-state index contributed by atoms with van der Waals surface area (Å²) in [6.45, 7) is 9.37. The number of benzene rings is 1. The highest BCUT2D eigenvalue weighted by molar-refractivity contribution is 7.89. The average Bonchev–Trinajstić information content (AvgIpc) is 2.67. The first-order valence-corrected chi connectivity index (χ1v) is 11.5. The van der Waals surface area contributed by atoms with Gasteiger partial charge in [-0.25, -0.2) is 13.2 Å². The number of nitrogens with zero attached hydrogens (tertiary/aromatic N) is 2. The van der Waals surface area contributed by atoms with Crippen LogP contribution in [0.25, 0.3) is 0 Å². The number of hydrogen-bond acceptors (Lipinski definition) is 5. The Bertz CT molecular complexity index is 800. The van der Waals surface area contributed by atoms with Crippen LogP contribution in [0.3, 0.4) is 0 Å². The average molecular weight is 425 g/mol. The zero-order chi connectivity index (χ0) is 21.6. The second-order valence-corrected chi connectivity index (χ2v) is 9.67. The Labute approximate surface area is 173 Å². The van der Waals surface area contributed by atoms with Crippen LogP contribution in [-0.4, -0.2) is 68.3 Å². The Kier molecular flexibility index (Phi) is 8.18. The monoisotopic (exact) mass is 424 g/mol. The number of hydrogen-bond donors (Lipinski definition) is 2. The van der Waals surface area contributed by atoms with Crippen LogP contribution in [-0.2, 0) is 14.8 Å². The molecular formula is C20H32N4O4S. The molecule has 0 bridgehead atoms. The van der Waals surface area contributed by atoms with Gasteiger partial charge in [-0.3, -0.25) is 15.0 Å². The lowest BCUT2D eigenvalue weighted by Crippen LogP contribution is -2.52. The molecule has 8 nitrogen and oxygen atoms in total. The van der Waals surface area contributed by atoms with Crippen molar-refractivity contribution < 1.29 is 18.0 Å². The highest BCUT2D eigenvalue weighted by Gasteiger charge is 2.29. The third-order valence-corrected chi connectivity index (χ3v) is 6.98. The number of piperazine rings is 1. The van der Waals surface area contributed by atoms with Crippen LogP contribution < -0.4 is 10.6 Å². The van der Waals surface area contributed by atoms with Crippen LogP contribution in [0.5, 0.6) is 0 Å². The topological polar surface area (TPSA) is 98.8 Å². The van der Waals surface area contributed by atoms with Crippen LogP contribution in [0.15, 0.2) is 29.2 Å². The summed E-state index contributed by atoms with van der Waals surface area (Å²) in [7, 11) is -3.55. The summed E-state index contributed by atoms with van der Waals surface area (Å²) in [6.07, 6.45) is 1.00.